The largest absolute Gasteiger partial charge is 0.573 e. The second-order valence-corrected chi connectivity index (χ2v) is 7.29. The van der Waals surface area contributed by atoms with Crippen molar-refractivity contribution in [3.05, 3.63) is 84.3 Å². The summed E-state index contributed by atoms with van der Waals surface area (Å²) >= 11 is 0. The maximum absolute atomic E-state index is 12.6. The van der Waals surface area contributed by atoms with Crippen LogP contribution in [0.1, 0.15) is 29.0 Å². The number of nitrogens with one attached hydrogen (secondary N) is 1. The van der Waals surface area contributed by atoms with Gasteiger partial charge in [-0.05, 0) is 48.2 Å². The van der Waals surface area contributed by atoms with Crippen molar-refractivity contribution in [3.63, 3.8) is 0 Å². The summed E-state index contributed by atoms with van der Waals surface area (Å²) in [7, 11) is 0. The molecule has 2 N–H and O–H groups in total. The Morgan fingerprint density at radius 1 is 1.03 bits per heavy atom. The summed E-state index contributed by atoms with van der Waals surface area (Å²) in [6.07, 6.45) is -1.73. The lowest BCUT2D eigenvalue weighted by Crippen LogP contribution is -2.17. The van der Waals surface area contributed by atoms with Crippen molar-refractivity contribution >= 4 is 22.6 Å². The summed E-state index contributed by atoms with van der Waals surface area (Å²) < 4.78 is 47.6. The first-order valence-corrected chi connectivity index (χ1v) is 10.1. The molecule has 2 heterocycles. The molecule has 0 unspecified atom stereocenters. The minimum atomic E-state index is -4.81. The van der Waals surface area contributed by atoms with E-state index in [2.05, 4.69) is 20.0 Å². The van der Waals surface area contributed by atoms with Crippen LogP contribution >= 0.6 is 0 Å². The smallest absolute Gasteiger partial charge is 0.477 e. The Labute approximate surface area is 191 Å². The van der Waals surface area contributed by atoms with Gasteiger partial charge in [0.1, 0.15) is 28.8 Å². The van der Waals surface area contributed by atoms with Crippen LogP contribution in [0, 0.1) is 0 Å². The molecular formula is C24H18F3N3O4. The fourth-order valence-electron chi connectivity index (χ4n) is 3.33. The molecule has 0 aliphatic rings. The zero-order valence-corrected chi connectivity index (χ0v) is 17.7. The lowest BCUT2D eigenvalue weighted by Gasteiger charge is -2.18. The summed E-state index contributed by atoms with van der Waals surface area (Å²) in [5.41, 5.74) is 0.672. The third kappa shape index (κ3) is 5.34. The first kappa shape index (κ1) is 22.8. The fourth-order valence-corrected chi connectivity index (χ4v) is 3.33. The number of anilines is 1. The van der Waals surface area contributed by atoms with E-state index < -0.39 is 18.1 Å². The maximum atomic E-state index is 12.6. The number of halogens is 3. The Morgan fingerprint density at radius 2 is 1.79 bits per heavy atom. The Morgan fingerprint density at radius 3 is 2.50 bits per heavy atom. The van der Waals surface area contributed by atoms with Gasteiger partial charge < -0.3 is 19.9 Å². The molecule has 0 bridgehead atoms. The van der Waals surface area contributed by atoms with Crippen molar-refractivity contribution in [1.82, 2.24) is 9.97 Å². The number of hydrogen-bond donors (Lipinski definition) is 2. The number of alkyl halides is 3. The van der Waals surface area contributed by atoms with Crippen molar-refractivity contribution in [2.24, 2.45) is 0 Å². The third-order valence-corrected chi connectivity index (χ3v) is 4.88. The predicted octanol–water partition coefficient (Wildman–Crippen LogP) is 6.19. The maximum Gasteiger partial charge on any atom is 0.573 e. The van der Waals surface area contributed by atoms with Crippen molar-refractivity contribution in [2.75, 3.05) is 5.32 Å². The summed E-state index contributed by atoms with van der Waals surface area (Å²) in [4.78, 5) is 19.4. The third-order valence-electron chi connectivity index (χ3n) is 4.88. The molecule has 2 aromatic heterocycles. The second kappa shape index (κ2) is 9.26. The van der Waals surface area contributed by atoms with Crippen molar-refractivity contribution < 1.29 is 32.5 Å². The summed E-state index contributed by atoms with van der Waals surface area (Å²) in [6, 6.07) is 15.1. The molecule has 7 nitrogen and oxygen atoms in total. The SMILES string of the molecule is C[C@H](Nc1nccc2cccc(Oc3cccc(OC(F)(F)F)c3)c12)c1ccc(C(=O)O)nc1. The van der Waals surface area contributed by atoms with Gasteiger partial charge in [0.15, 0.2) is 0 Å². The van der Waals surface area contributed by atoms with Gasteiger partial charge in [-0.1, -0.05) is 24.3 Å². The van der Waals surface area contributed by atoms with Gasteiger partial charge in [-0.15, -0.1) is 13.2 Å². The number of aromatic carboxylic acids is 1. The van der Waals surface area contributed by atoms with Crippen LogP contribution in [0.4, 0.5) is 19.0 Å². The number of hydrogen-bond acceptors (Lipinski definition) is 6. The molecule has 0 aliphatic carbocycles. The molecule has 0 radical (unpaired) electrons. The average molecular weight is 469 g/mol. The number of carboxylic acids is 1. The minimum absolute atomic E-state index is 0.0633. The highest BCUT2D eigenvalue weighted by molar-refractivity contribution is 5.97. The number of pyridine rings is 2. The molecule has 0 fully saturated rings. The monoisotopic (exact) mass is 469 g/mol. The quantitative estimate of drug-likeness (QED) is 0.333. The van der Waals surface area contributed by atoms with Crippen LogP contribution in [0.15, 0.2) is 73.1 Å². The van der Waals surface area contributed by atoms with Crippen LogP contribution in [0.5, 0.6) is 17.2 Å². The molecule has 174 valence electrons. The van der Waals surface area contributed by atoms with E-state index in [1.165, 1.54) is 30.5 Å². The second-order valence-electron chi connectivity index (χ2n) is 7.29. The van der Waals surface area contributed by atoms with Crippen molar-refractivity contribution in [2.45, 2.75) is 19.3 Å². The van der Waals surface area contributed by atoms with E-state index in [1.54, 1.807) is 30.5 Å². The topological polar surface area (TPSA) is 93.6 Å². The normalized spacial score (nSPS) is 12.2. The molecule has 4 aromatic rings. The van der Waals surface area contributed by atoms with Crippen LogP contribution in [0.2, 0.25) is 0 Å². The van der Waals surface area contributed by atoms with E-state index in [0.29, 0.717) is 17.0 Å². The van der Waals surface area contributed by atoms with E-state index >= 15 is 0 Å². The number of fused-ring (bicyclic) bond motifs is 1. The molecule has 0 amide bonds. The summed E-state index contributed by atoms with van der Waals surface area (Å²) in [6.45, 7) is 1.86. The number of carboxylic acid groups (broad SMARTS) is 1. The number of rotatable bonds is 7. The zero-order valence-electron chi connectivity index (χ0n) is 17.7. The molecule has 0 saturated heterocycles. The minimum Gasteiger partial charge on any atom is -0.477 e. The van der Waals surface area contributed by atoms with E-state index in [9.17, 15) is 18.0 Å². The number of ether oxygens (including phenoxy) is 2. The van der Waals surface area contributed by atoms with Crippen LogP contribution < -0.4 is 14.8 Å². The van der Waals surface area contributed by atoms with E-state index in [1.807, 2.05) is 13.0 Å². The van der Waals surface area contributed by atoms with Gasteiger partial charge in [-0.25, -0.2) is 14.8 Å². The average Bonchev–Trinajstić information content (AvgIpc) is 2.78. The Bertz CT molecular complexity index is 1320. The summed E-state index contributed by atoms with van der Waals surface area (Å²) in [5, 5.41) is 13.7. The van der Waals surface area contributed by atoms with Crippen LogP contribution in [0.3, 0.4) is 0 Å². The molecule has 0 spiro atoms. The van der Waals surface area contributed by atoms with Crippen LogP contribution in [0.25, 0.3) is 10.8 Å². The first-order valence-electron chi connectivity index (χ1n) is 10.1. The van der Waals surface area contributed by atoms with Gasteiger partial charge in [0.25, 0.3) is 0 Å². The lowest BCUT2D eigenvalue weighted by molar-refractivity contribution is -0.274. The zero-order chi connectivity index (χ0) is 24.3. The molecule has 10 heteroatoms. The molecule has 4 rings (SSSR count). The number of carbonyl (C=O) groups is 1. The van der Waals surface area contributed by atoms with Gasteiger partial charge in [0.2, 0.25) is 0 Å². The van der Waals surface area contributed by atoms with E-state index in [0.717, 1.165) is 17.0 Å². The first-order chi connectivity index (χ1) is 16.2. The Hall–Kier alpha value is -4.34. The van der Waals surface area contributed by atoms with Crippen molar-refractivity contribution in [1.29, 1.82) is 0 Å². The van der Waals surface area contributed by atoms with Gasteiger partial charge in [-0.2, -0.15) is 0 Å². The summed E-state index contributed by atoms with van der Waals surface area (Å²) in [5.74, 6) is -0.498. The van der Waals surface area contributed by atoms with Crippen molar-refractivity contribution in [3.8, 4) is 17.2 Å². The molecule has 0 saturated carbocycles. The highest BCUT2D eigenvalue weighted by Crippen LogP contribution is 2.36. The fraction of sp³-hybridized carbons (Fsp3) is 0.125. The number of aromatic nitrogens is 2. The highest BCUT2D eigenvalue weighted by atomic mass is 19.4. The van der Waals surface area contributed by atoms with E-state index in [4.69, 9.17) is 9.84 Å². The molecule has 34 heavy (non-hydrogen) atoms. The van der Waals surface area contributed by atoms with Gasteiger partial charge in [0.05, 0.1) is 11.4 Å². The van der Waals surface area contributed by atoms with Gasteiger partial charge in [0, 0.05) is 18.5 Å². The molecule has 1 atom stereocenters. The number of nitrogens with zero attached hydrogens (tertiary/aromatic N) is 2. The highest BCUT2D eigenvalue weighted by Gasteiger charge is 2.31. The van der Waals surface area contributed by atoms with Crippen LogP contribution in [-0.4, -0.2) is 27.4 Å². The van der Waals surface area contributed by atoms with Gasteiger partial charge >= 0.3 is 12.3 Å². The Balaban J connectivity index is 1.64. The van der Waals surface area contributed by atoms with Crippen LogP contribution in [-0.2, 0) is 0 Å². The molecular weight excluding hydrogens is 451 g/mol. The van der Waals surface area contributed by atoms with Gasteiger partial charge in [-0.3, -0.25) is 0 Å². The Kier molecular flexibility index (Phi) is 6.22. The molecule has 0 aliphatic heterocycles. The van der Waals surface area contributed by atoms with E-state index in [-0.39, 0.29) is 17.5 Å². The number of benzene rings is 2. The predicted molar refractivity (Wildman–Crippen MR) is 118 cm³/mol. The standard InChI is InChI=1S/C24H18F3N3O4/c1-14(16-8-9-19(23(31)32)29-13-16)30-22-21-15(10-11-28-22)4-2-7-20(21)33-17-5-3-6-18(12-17)34-24(25,26)27/h2-14H,1H3,(H,28,30)(H,31,32)/t14-/m0/s1. The lowest BCUT2D eigenvalue weighted by atomic mass is 10.1. The molecule has 2 aromatic carbocycles.